The van der Waals surface area contributed by atoms with Crippen LogP contribution < -0.4 is 5.73 Å². The Balaban J connectivity index is 1.65. The zero-order valence-electron chi connectivity index (χ0n) is 17.1. The maximum atomic E-state index is 11.7. The number of hydrogen-bond donors (Lipinski definition) is 8. The highest BCUT2D eigenvalue weighted by Crippen LogP contribution is 2.38. The van der Waals surface area contributed by atoms with Crippen LogP contribution in [-0.4, -0.2) is 110 Å². The van der Waals surface area contributed by atoms with E-state index < -0.39 is 79.8 Å². The summed E-state index contributed by atoms with van der Waals surface area (Å²) in [4.78, 5) is 11.7. The smallest absolute Gasteiger partial charge is 0.220 e. The highest BCUT2D eigenvalue weighted by atomic mass is 16.7. The molecular formula is C19H33NO11. The van der Waals surface area contributed by atoms with Crippen molar-refractivity contribution in [3.8, 4) is 0 Å². The largest absolute Gasteiger partial charge is 0.394 e. The molecule has 10 unspecified atom stereocenters. The van der Waals surface area contributed by atoms with Gasteiger partial charge < -0.3 is 55.7 Å². The maximum absolute atomic E-state index is 11.7. The molecule has 1 amide bonds. The van der Waals surface area contributed by atoms with Crippen LogP contribution in [0.1, 0.15) is 32.1 Å². The van der Waals surface area contributed by atoms with Crippen molar-refractivity contribution in [1.82, 2.24) is 0 Å². The summed E-state index contributed by atoms with van der Waals surface area (Å²) in [6.45, 7) is -1.09. The second-order valence-corrected chi connectivity index (χ2v) is 8.78. The first kappa shape index (κ1) is 24.7. The number of primary amides is 1. The number of hydrogen-bond acceptors (Lipinski definition) is 11. The molecule has 2 saturated heterocycles. The van der Waals surface area contributed by atoms with Gasteiger partial charge in [-0.15, -0.1) is 0 Å². The molecule has 180 valence electrons. The standard InChI is InChI=1S/C19H33NO11/c20-17(27)9(5-8-1-2-8)3-4-19(28)16(26)15(10(22)7-29-19)31-18-14(25)13(24)12(23)11(6-21)30-18/h8-16,18,21-26,28H,1-7H2,(H2,20,27). The van der Waals surface area contributed by atoms with Gasteiger partial charge in [-0.25, -0.2) is 0 Å². The number of amides is 1. The summed E-state index contributed by atoms with van der Waals surface area (Å²) >= 11 is 0. The zero-order valence-corrected chi connectivity index (χ0v) is 17.1. The van der Waals surface area contributed by atoms with Gasteiger partial charge in [0.2, 0.25) is 5.91 Å². The number of aliphatic hydroxyl groups is 7. The summed E-state index contributed by atoms with van der Waals surface area (Å²) < 4.78 is 16.0. The van der Waals surface area contributed by atoms with Crippen LogP contribution in [0.5, 0.6) is 0 Å². The van der Waals surface area contributed by atoms with Crippen LogP contribution in [-0.2, 0) is 19.0 Å². The third-order valence-electron chi connectivity index (χ3n) is 6.36. The van der Waals surface area contributed by atoms with Crippen molar-refractivity contribution >= 4 is 5.91 Å². The Morgan fingerprint density at radius 3 is 2.39 bits per heavy atom. The Labute approximate surface area is 179 Å². The van der Waals surface area contributed by atoms with Crippen molar-refractivity contribution in [2.45, 2.75) is 86.9 Å². The van der Waals surface area contributed by atoms with Crippen LogP contribution in [0.4, 0.5) is 0 Å². The van der Waals surface area contributed by atoms with E-state index in [0.29, 0.717) is 12.3 Å². The van der Waals surface area contributed by atoms with Crippen LogP contribution >= 0.6 is 0 Å². The van der Waals surface area contributed by atoms with E-state index in [0.717, 1.165) is 12.8 Å². The fourth-order valence-corrected chi connectivity index (χ4v) is 4.11. The Bertz CT molecular complexity index is 618. The first-order valence-corrected chi connectivity index (χ1v) is 10.5. The highest BCUT2D eigenvalue weighted by molar-refractivity contribution is 5.76. The molecule has 0 bridgehead atoms. The molecule has 0 spiro atoms. The van der Waals surface area contributed by atoms with Gasteiger partial charge in [0.05, 0.1) is 13.2 Å². The van der Waals surface area contributed by atoms with Gasteiger partial charge in [-0.05, 0) is 18.8 Å². The second-order valence-electron chi connectivity index (χ2n) is 8.78. The van der Waals surface area contributed by atoms with Crippen LogP contribution in [0.3, 0.4) is 0 Å². The van der Waals surface area contributed by atoms with Crippen molar-refractivity contribution in [2.75, 3.05) is 13.2 Å². The van der Waals surface area contributed by atoms with E-state index >= 15 is 0 Å². The molecule has 3 fully saturated rings. The van der Waals surface area contributed by atoms with E-state index in [4.69, 9.17) is 19.9 Å². The normalized spacial score (nSPS) is 44.7. The number of ether oxygens (including phenoxy) is 3. The highest BCUT2D eigenvalue weighted by Gasteiger charge is 2.53. The first-order chi connectivity index (χ1) is 14.6. The van der Waals surface area contributed by atoms with E-state index in [9.17, 15) is 40.5 Å². The lowest BCUT2D eigenvalue weighted by molar-refractivity contribution is -0.370. The Morgan fingerprint density at radius 1 is 1.13 bits per heavy atom. The van der Waals surface area contributed by atoms with Crippen molar-refractivity contribution in [3.05, 3.63) is 0 Å². The SMILES string of the molecule is NC(=O)C(CCC1(O)OCC(O)C(OC2OC(CO)C(O)C(O)C2O)C1O)CC1CC1. The fraction of sp³-hybridized carbons (Fsp3) is 0.947. The summed E-state index contributed by atoms with van der Waals surface area (Å²) in [5.74, 6) is -2.73. The van der Waals surface area contributed by atoms with Crippen LogP contribution in [0.2, 0.25) is 0 Å². The minimum absolute atomic E-state index is 0.155. The Hall–Kier alpha value is -0.930. The molecule has 1 aliphatic carbocycles. The molecule has 0 aromatic heterocycles. The molecular weight excluding hydrogens is 418 g/mol. The second kappa shape index (κ2) is 9.91. The van der Waals surface area contributed by atoms with E-state index in [1.807, 2.05) is 0 Å². The number of nitrogens with two attached hydrogens (primary N) is 1. The molecule has 0 radical (unpaired) electrons. The number of carbonyl (C=O) groups is 1. The molecule has 3 rings (SSSR count). The van der Waals surface area contributed by atoms with Gasteiger partial charge in [0.25, 0.3) is 0 Å². The van der Waals surface area contributed by atoms with Crippen LogP contribution in [0.15, 0.2) is 0 Å². The van der Waals surface area contributed by atoms with Gasteiger partial charge in [-0.1, -0.05) is 12.8 Å². The molecule has 1 saturated carbocycles. The molecule has 2 heterocycles. The zero-order chi connectivity index (χ0) is 22.9. The minimum atomic E-state index is -2.16. The molecule has 3 aliphatic rings. The van der Waals surface area contributed by atoms with E-state index in [-0.39, 0.29) is 12.8 Å². The lowest BCUT2D eigenvalue weighted by Crippen LogP contribution is -2.65. The number of rotatable bonds is 9. The quantitative estimate of drug-likeness (QED) is 0.171. The Kier molecular flexibility index (Phi) is 7.90. The van der Waals surface area contributed by atoms with Gasteiger partial charge in [-0.2, -0.15) is 0 Å². The third-order valence-corrected chi connectivity index (χ3v) is 6.36. The first-order valence-electron chi connectivity index (χ1n) is 10.5. The third kappa shape index (κ3) is 5.53. The molecule has 12 heteroatoms. The minimum Gasteiger partial charge on any atom is -0.394 e. The summed E-state index contributed by atoms with van der Waals surface area (Å²) in [6.07, 6.45) is -9.96. The van der Waals surface area contributed by atoms with E-state index in [2.05, 4.69) is 0 Å². The van der Waals surface area contributed by atoms with Gasteiger partial charge in [0.1, 0.15) is 42.7 Å². The number of carbonyl (C=O) groups excluding carboxylic acids is 1. The van der Waals surface area contributed by atoms with Gasteiger partial charge in [0.15, 0.2) is 12.1 Å². The Morgan fingerprint density at radius 2 is 1.81 bits per heavy atom. The van der Waals surface area contributed by atoms with Gasteiger partial charge in [-0.3, -0.25) is 4.79 Å². The fourth-order valence-electron chi connectivity index (χ4n) is 4.11. The topological polar surface area (TPSA) is 212 Å². The molecule has 10 atom stereocenters. The lowest BCUT2D eigenvalue weighted by Gasteiger charge is -2.47. The molecule has 31 heavy (non-hydrogen) atoms. The monoisotopic (exact) mass is 451 g/mol. The van der Waals surface area contributed by atoms with Gasteiger partial charge in [0, 0.05) is 12.3 Å². The summed E-state index contributed by atoms with van der Waals surface area (Å²) in [6, 6.07) is 0. The predicted octanol–water partition coefficient (Wildman–Crippen LogP) is -3.71. The average Bonchev–Trinajstić information content (AvgIpc) is 3.55. The lowest BCUT2D eigenvalue weighted by atomic mass is 9.88. The molecule has 0 aromatic rings. The van der Waals surface area contributed by atoms with Crippen molar-refractivity contribution in [3.63, 3.8) is 0 Å². The molecule has 2 aliphatic heterocycles. The van der Waals surface area contributed by atoms with Crippen molar-refractivity contribution in [1.29, 1.82) is 0 Å². The predicted molar refractivity (Wildman–Crippen MR) is 101 cm³/mol. The van der Waals surface area contributed by atoms with E-state index in [1.54, 1.807) is 0 Å². The van der Waals surface area contributed by atoms with Crippen molar-refractivity contribution < 1.29 is 54.8 Å². The molecule has 9 N–H and O–H groups in total. The summed E-state index contributed by atoms with van der Waals surface area (Å²) in [5.41, 5.74) is 5.45. The average molecular weight is 451 g/mol. The molecule has 12 nitrogen and oxygen atoms in total. The molecule has 0 aromatic carbocycles. The maximum Gasteiger partial charge on any atom is 0.220 e. The van der Waals surface area contributed by atoms with E-state index in [1.165, 1.54) is 0 Å². The summed E-state index contributed by atoms with van der Waals surface area (Å²) in [7, 11) is 0. The van der Waals surface area contributed by atoms with Crippen LogP contribution in [0.25, 0.3) is 0 Å². The summed E-state index contributed by atoms with van der Waals surface area (Å²) in [5, 5.41) is 70.9. The van der Waals surface area contributed by atoms with Crippen LogP contribution in [0, 0.1) is 11.8 Å². The van der Waals surface area contributed by atoms with Crippen molar-refractivity contribution in [2.24, 2.45) is 17.6 Å². The van der Waals surface area contributed by atoms with Gasteiger partial charge >= 0.3 is 0 Å². The number of aliphatic hydroxyl groups excluding tert-OH is 6.